The Balaban J connectivity index is 2.05. The van der Waals surface area contributed by atoms with Crippen molar-refractivity contribution in [1.29, 1.82) is 0 Å². The lowest BCUT2D eigenvalue weighted by atomic mass is 10.0. The molecule has 3 atom stereocenters. The Morgan fingerprint density at radius 1 is 1.35 bits per heavy atom. The van der Waals surface area contributed by atoms with E-state index in [1.54, 1.807) is 19.1 Å². The highest BCUT2D eigenvalue weighted by Gasteiger charge is 2.41. The Hall–Kier alpha value is -2.04. The van der Waals surface area contributed by atoms with Crippen molar-refractivity contribution >= 4 is 11.9 Å². The third-order valence-electron chi connectivity index (χ3n) is 3.64. The summed E-state index contributed by atoms with van der Waals surface area (Å²) < 4.78 is 5.57. The molecule has 5 heteroatoms. The summed E-state index contributed by atoms with van der Waals surface area (Å²) in [7, 11) is 0. The molecule has 0 bridgehead atoms. The van der Waals surface area contributed by atoms with E-state index in [4.69, 9.17) is 4.74 Å². The normalized spacial score (nSPS) is 23.4. The van der Waals surface area contributed by atoms with Crippen molar-refractivity contribution in [2.45, 2.75) is 32.4 Å². The van der Waals surface area contributed by atoms with Gasteiger partial charge in [0.2, 0.25) is 0 Å². The van der Waals surface area contributed by atoms with Crippen LogP contribution in [0, 0.1) is 5.92 Å². The van der Waals surface area contributed by atoms with Crippen LogP contribution >= 0.6 is 0 Å². The minimum atomic E-state index is -0.949. The number of benzene rings is 1. The van der Waals surface area contributed by atoms with E-state index in [0.717, 1.165) is 0 Å². The second-order valence-corrected chi connectivity index (χ2v) is 5.15. The van der Waals surface area contributed by atoms with Crippen LogP contribution in [-0.4, -0.2) is 40.6 Å². The van der Waals surface area contributed by atoms with Gasteiger partial charge >= 0.3 is 5.97 Å². The van der Waals surface area contributed by atoms with Gasteiger partial charge in [0.05, 0.1) is 0 Å². The molecule has 1 aromatic rings. The molecule has 0 saturated carbocycles. The Morgan fingerprint density at radius 3 is 2.60 bits per heavy atom. The van der Waals surface area contributed by atoms with Gasteiger partial charge in [-0.1, -0.05) is 25.1 Å². The van der Waals surface area contributed by atoms with Crippen molar-refractivity contribution in [3.63, 3.8) is 0 Å². The van der Waals surface area contributed by atoms with Crippen LogP contribution in [0.1, 0.15) is 20.3 Å². The van der Waals surface area contributed by atoms with Gasteiger partial charge in [0.15, 0.2) is 6.10 Å². The molecule has 1 heterocycles. The summed E-state index contributed by atoms with van der Waals surface area (Å²) >= 11 is 0. The number of carboxylic acids is 1. The predicted octanol–water partition coefficient (Wildman–Crippen LogP) is 1.78. The molecule has 5 nitrogen and oxygen atoms in total. The van der Waals surface area contributed by atoms with Crippen LogP contribution in [0.4, 0.5) is 0 Å². The number of para-hydroxylation sites is 1. The third-order valence-corrected chi connectivity index (χ3v) is 3.64. The Kier molecular flexibility index (Phi) is 4.27. The van der Waals surface area contributed by atoms with E-state index in [1.165, 1.54) is 4.90 Å². The van der Waals surface area contributed by atoms with Crippen molar-refractivity contribution in [2.24, 2.45) is 5.92 Å². The van der Waals surface area contributed by atoms with Crippen LogP contribution in [0.2, 0.25) is 0 Å². The number of aliphatic carboxylic acids is 1. The maximum absolute atomic E-state index is 12.3. The molecule has 20 heavy (non-hydrogen) atoms. The van der Waals surface area contributed by atoms with Crippen LogP contribution in [-0.2, 0) is 9.59 Å². The largest absolute Gasteiger partial charge is 0.481 e. The Morgan fingerprint density at radius 2 is 2.00 bits per heavy atom. The molecule has 1 saturated heterocycles. The lowest BCUT2D eigenvalue weighted by molar-refractivity contribution is -0.152. The van der Waals surface area contributed by atoms with Gasteiger partial charge < -0.3 is 14.7 Å². The number of likely N-dealkylation sites (tertiary alicyclic amines) is 1. The van der Waals surface area contributed by atoms with Crippen molar-refractivity contribution in [3.05, 3.63) is 30.3 Å². The first-order chi connectivity index (χ1) is 9.50. The lowest BCUT2D eigenvalue weighted by Gasteiger charge is -2.26. The van der Waals surface area contributed by atoms with E-state index in [2.05, 4.69) is 0 Å². The molecule has 0 aromatic heterocycles. The van der Waals surface area contributed by atoms with Crippen LogP contribution in [0.3, 0.4) is 0 Å². The highest BCUT2D eigenvalue weighted by molar-refractivity contribution is 5.87. The van der Waals surface area contributed by atoms with Gasteiger partial charge in [-0.3, -0.25) is 4.79 Å². The summed E-state index contributed by atoms with van der Waals surface area (Å²) in [5.74, 6) is -0.645. The molecule has 1 aliphatic rings. The maximum Gasteiger partial charge on any atom is 0.326 e. The maximum atomic E-state index is 12.3. The highest BCUT2D eigenvalue weighted by Crippen LogP contribution is 2.25. The van der Waals surface area contributed by atoms with Crippen molar-refractivity contribution in [3.8, 4) is 5.75 Å². The molecule has 0 radical (unpaired) electrons. The second-order valence-electron chi connectivity index (χ2n) is 5.15. The molecule has 3 unspecified atom stereocenters. The van der Waals surface area contributed by atoms with E-state index < -0.39 is 18.1 Å². The van der Waals surface area contributed by atoms with E-state index in [-0.39, 0.29) is 11.8 Å². The zero-order chi connectivity index (χ0) is 14.7. The minimum absolute atomic E-state index is 0.0274. The molecular formula is C15H19NO4. The monoisotopic (exact) mass is 277 g/mol. The van der Waals surface area contributed by atoms with Gasteiger partial charge in [-0.2, -0.15) is 0 Å². The van der Waals surface area contributed by atoms with Gasteiger partial charge in [0.25, 0.3) is 5.91 Å². The quantitative estimate of drug-likeness (QED) is 0.911. The van der Waals surface area contributed by atoms with E-state index >= 15 is 0 Å². The standard InChI is InChI=1S/C15H19NO4/c1-10-8-9-16(13(10)15(18)19)14(17)11(2)20-12-6-4-3-5-7-12/h3-7,10-11,13H,8-9H2,1-2H3,(H,18,19). The number of ether oxygens (including phenoxy) is 1. The van der Waals surface area contributed by atoms with Gasteiger partial charge in [0.1, 0.15) is 11.8 Å². The molecule has 1 N–H and O–H groups in total. The van der Waals surface area contributed by atoms with E-state index in [1.807, 2.05) is 25.1 Å². The van der Waals surface area contributed by atoms with E-state index in [0.29, 0.717) is 18.7 Å². The SMILES string of the molecule is CC(Oc1ccccc1)C(=O)N1CCC(C)C1C(=O)O. The topological polar surface area (TPSA) is 66.8 Å². The second kappa shape index (κ2) is 5.94. The summed E-state index contributed by atoms with van der Waals surface area (Å²) in [6, 6.07) is 8.30. The fraction of sp³-hybridized carbons (Fsp3) is 0.467. The van der Waals surface area contributed by atoms with Crippen LogP contribution in [0.25, 0.3) is 0 Å². The van der Waals surface area contributed by atoms with Crippen LogP contribution < -0.4 is 4.74 Å². The average Bonchev–Trinajstić information content (AvgIpc) is 2.81. The van der Waals surface area contributed by atoms with E-state index in [9.17, 15) is 14.7 Å². The number of amides is 1. The Labute approximate surface area is 118 Å². The molecule has 108 valence electrons. The third kappa shape index (κ3) is 2.92. The van der Waals surface area contributed by atoms with Gasteiger partial charge in [-0.05, 0) is 31.4 Å². The Bertz CT molecular complexity index is 488. The minimum Gasteiger partial charge on any atom is -0.481 e. The summed E-state index contributed by atoms with van der Waals surface area (Å²) in [5.41, 5.74) is 0. The number of carbonyl (C=O) groups is 2. The first kappa shape index (κ1) is 14.4. The summed E-state index contributed by atoms with van der Waals surface area (Å²) in [6.07, 6.45) is 0.0189. The molecule has 0 spiro atoms. The molecule has 2 rings (SSSR count). The summed E-state index contributed by atoms with van der Waals surface area (Å²) in [6.45, 7) is 3.98. The predicted molar refractivity (Wildman–Crippen MR) is 73.4 cm³/mol. The first-order valence-electron chi connectivity index (χ1n) is 6.75. The summed E-state index contributed by atoms with van der Waals surface area (Å²) in [4.78, 5) is 25.0. The first-order valence-corrected chi connectivity index (χ1v) is 6.75. The fourth-order valence-electron chi connectivity index (χ4n) is 2.56. The van der Waals surface area contributed by atoms with Crippen molar-refractivity contribution < 1.29 is 19.4 Å². The number of hydrogen-bond acceptors (Lipinski definition) is 3. The molecule has 1 aromatic carbocycles. The number of nitrogens with zero attached hydrogens (tertiary/aromatic N) is 1. The highest BCUT2D eigenvalue weighted by atomic mass is 16.5. The molecule has 1 amide bonds. The van der Waals surface area contributed by atoms with Crippen molar-refractivity contribution in [2.75, 3.05) is 6.54 Å². The fourth-order valence-corrected chi connectivity index (χ4v) is 2.56. The summed E-state index contributed by atoms with van der Waals surface area (Å²) in [5, 5.41) is 9.24. The van der Waals surface area contributed by atoms with Gasteiger partial charge in [-0.25, -0.2) is 4.79 Å². The number of hydrogen-bond donors (Lipinski definition) is 1. The molecule has 1 aliphatic heterocycles. The van der Waals surface area contributed by atoms with Crippen LogP contribution in [0.5, 0.6) is 5.75 Å². The number of rotatable bonds is 4. The smallest absolute Gasteiger partial charge is 0.326 e. The zero-order valence-corrected chi connectivity index (χ0v) is 11.7. The molecular weight excluding hydrogens is 258 g/mol. The van der Waals surface area contributed by atoms with Crippen molar-refractivity contribution in [1.82, 2.24) is 4.90 Å². The van der Waals surface area contributed by atoms with Crippen LogP contribution in [0.15, 0.2) is 30.3 Å². The lowest BCUT2D eigenvalue weighted by Crippen LogP contribution is -2.47. The number of carboxylic acid groups (broad SMARTS) is 1. The molecule has 0 aliphatic carbocycles. The van der Waals surface area contributed by atoms with Gasteiger partial charge in [0, 0.05) is 6.54 Å². The number of carbonyl (C=O) groups excluding carboxylic acids is 1. The van der Waals surface area contributed by atoms with Gasteiger partial charge in [-0.15, -0.1) is 0 Å². The molecule has 1 fully saturated rings. The average molecular weight is 277 g/mol. The zero-order valence-electron chi connectivity index (χ0n) is 11.7.